The van der Waals surface area contributed by atoms with E-state index in [9.17, 15) is 0 Å². The van der Waals surface area contributed by atoms with Gasteiger partial charge in [0.15, 0.2) is 0 Å². The van der Waals surface area contributed by atoms with Gasteiger partial charge in [0.25, 0.3) is 0 Å². The molecule has 0 aliphatic heterocycles. The van der Waals surface area contributed by atoms with E-state index in [1.807, 2.05) is 25.1 Å². The van der Waals surface area contributed by atoms with E-state index in [2.05, 4.69) is 32.0 Å². The lowest BCUT2D eigenvalue weighted by Gasteiger charge is -2.18. The Morgan fingerprint density at radius 2 is 1.67 bits per heavy atom. The van der Waals surface area contributed by atoms with Crippen LogP contribution in [0.1, 0.15) is 33.9 Å². The van der Waals surface area contributed by atoms with Crippen molar-refractivity contribution in [2.45, 2.75) is 26.8 Å². The van der Waals surface area contributed by atoms with E-state index < -0.39 is 0 Å². The Bertz CT molecular complexity index is 575. The highest BCUT2D eigenvalue weighted by Gasteiger charge is 2.14. The first-order valence-electron chi connectivity index (χ1n) is 6.08. The molecule has 2 heteroatoms. The zero-order chi connectivity index (χ0) is 13.3. The average molecular weight is 260 g/mol. The van der Waals surface area contributed by atoms with E-state index in [0.717, 1.165) is 16.1 Å². The second-order valence-electron chi connectivity index (χ2n) is 4.77. The minimum absolute atomic E-state index is 0.0952. The molecular formula is C16H18ClN. The van der Waals surface area contributed by atoms with Gasteiger partial charge in [-0.2, -0.15) is 0 Å². The van der Waals surface area contributed by atoms with Crippen LogP contribution in [0.25, 0.3) is 0 Å². The number of halogens is 1. The van der Waals surface area contributed by atoms with E-state index in [4.69, 9.17) is 17.3 Å². The summed E-state index contributed by atoms with van der Waals surface area (Å²) in [5, 5.41) is 0.754. The number of rotatable bonds is 2. The quantitative estimate of drug-likeness (QED) is 0.854. The van der Waals surface area contributed by atoms with Crippen LogP contribution in [0.15, 0.2) is 36.4 Å². The summed E-state index contributed by atoms with van der Waals surface area (Å²) in [6, 6.07) is 12.0. The van der Waals surface area contributed by atoms with E-state index in [1.165, 1.54) is 16.7 Å². The molecule has 0 aromatic heterocycles. The normalized spacial score (nSPS) is 12.5. The fourth-order valence-corrected chi connectivity index (χ4v) is 2.49. The van der Waals surface area contributed by atoms with E-state index >= 15 is 0 Å². The third kappa shape index (κ3) is 2.43. The lowest BCUT2D eigenvalue weighted by atomic mass is 9.91. The second-order valence-corrected chi connectivity index (χ2v) is 5.20. The van der Waals surface area contributed by atoms with E-state index in [-0.39, 0.29) is 6.04 Å². The summed E-state index contributed by atoms with van der Waals surface area (Å²) in [7, 11) is 0. The molecule has 18 heavy (non-hydrogen) atoms. The molecule has 0 radical (unpaired) electrons. The smallest absolute Gasteiger partial charge is 0.0556 e. The summed E-state index contributed by atoms with van der Waals surface area (Å²) in [5.74, 6) is 0. The lowest BCUT2D eigenvalue weighted by molar-refractivity contribution is 0.850. The Kier molecular flexibility index (Phi) is 3.74. The van der Waals surface area contributed by atoms with Crippen LogP contribution in [0.4, 0.5) is 0 Å². The van der Waals surface area contributed by atoms with Crippen molar-refractivity contribution in [3.63, 3.8) is 0 Å². The first-order chi connectivity index (χ1) is 8.50. The molecule has 0 saturated heterocycles. The highest BCUT2D eigenvalue weighted by molar-refractivity contribution is 6.30. The predicted molar refractivity (Wildman–Crippen MR) is 78.1 cm³/mol. The van der Waals surface area contributed by atoms with Crippen molar-refractivity contribution in [3.05, 3.63) is 69.2 Å². The Labute approximate surface area is 114 Å². The maximum atomic E-state index is 6.39. The molecule has 2 aromatic carbocycles. The first-order valence-corrected chi connectivity index (χ1v) is 6.46. The third-order valence-electron chi connectivity index (χ3n) is 3.55. The number of aryl methyl sites for hydroxylation is 2. The fourth-order valence-electron chi connectivity index (χ4n) is 2.27. The summed E-state index contributed by atoms with van der Waals surface area (Å²) in [4.78, 5) is 0. The summed E-state index contributed by atoms with van der Waals surface area (Å²) in [6.07, 6.45) is 0. The monoisotopic (exact) mass is 259 g/mol. The maximum Gasteiger partial charge on any atom is 0.0556 e. The molecule has 0 aliphatic carbocycles. The van der Waals surface area contributed by atoms with Crippen LogP contribution in [0.3, 0.4) is 0 Å². The molecule has 0 aliphatic rings. The number of nitrogens with two attached hydrogens (primary N) is 1. The molecule has 1 nitrogen and oxygen atoms in total. The highest BCUT2D eigenvalue weighted by Crippen LogP contribution is 2.27. The average Bonchev–Trinajstić information content (AvgIpc) is 2.32. The Morgan fingerprint density at radius 1 is 0.944 bits per heavy atom. The Morgan fingerprint density at radius 3 is 2.33 bits per heavy atom. The maximum absolute atomic E-state index is 6.39. The topological polar surface area (TPSA) is 26.0 Å². The molecule has 94 valence electrons. The van der Waals surface area contributed by atoms with Gasteiger partial charge >= 0.3 is 0 Å². The van der Waals surface area contributed by atoms with Crippen LogP contribution >= 0.6 is 11.6 Å². The van der Waals surface area contributed by atoms with Crippen molar-refractivity contribution in [1.29, 1.82) is 0 Å². The van der Waals surface area contributed by atoms with Crippen molar-refractivity contribution in [1.82, 2.24) is 0 Å². The Balaban J connectivity index is 2.48. The number of hydrogen-bond donors (Lipinski definition) is 1. The van der Waals surface area contributed by atoms with Crippen LogP contribution in [0.5, 0.6) is 0 Å². The van der Waals surface area contributed by atoms with Gasteiger partial charge in [-0.25, -0.2) is 0 Å². The van der Waals surface area contributed by atoms with Gasteiger partial charge in [0.1, 0.15) is 0 Å². The number of hydrogen-bond acceptors (Lipinski definition) is 1. The predicted octanol–water partition coefficient (Wildman–Crippen LogP) is 4.31. The summed E-state index contributed by atoms with van der Waals surface area (Å²) in [6.45, 7) is 6.28. The molecule has 0 amide bonds. The highest BCUT2D eigenvalue weighted by atomic mass is 35.5. The molecule has 2 aromatic rings. The van der Waals surface area contributed by atoms with Crippen molar-refractivity contribution >= 4 is 11.6 Å². The SMILES string of the molecule is Cc1cc(Cl)ccc1C(N)c1cccc(C)c1C. The summed E-state index contributed by atoms with van der Waals surface area (Å²) >= 11 is 5.98. The van der Waals surface area contributed by atoms with Crippen molar-refractivity contribution < 1.29 is 0 Å². The molecule has 0 saturated carbocycles. The minimum atomic E-state index is -0.0952. The largest absolute Gasteiger partial charge is 0.320 e. The molecule has 1 atom stereocenters. The third-order valence-corrected chi connectivity index (χ3v) is 3.78. The van der Waals surface area contributed by atoms with Gasteiger partial charge < -0.3 is 5.73 Å². The summed E-state index contributed by atoms with van der Waals surface area (Å²) in [5.41, 5.74) is 12.4. The van der Waals surface area contributed by atoms with Gasteiger partial charge in [-0.15, -0.1) is 0 Å². The Hall–Kier alpha value is -1.31. The second kappa shape index (κ2) is 5.13. The number of benzene rings is 2. The van der Waals surface area contributed by atoms with Crippen LogP contribution in [0, 0.1) is 20.8 Å². The van der Waals surface area contributed by atoms with Gasteiger partial charge in [0.2, 0.25) is 0 Å². The van der Waals surface area contributed by atoms with Crippen LogP contribution in [-0.4, -0.2) is 0 Å². The fraction of sp³-hybridized carbons (Fsp3) is 0.250. The standard InChI is InChI=1S/C16H18ClN/c1-10-5-4-6-15(12(10)3)16(18)14-8-7-13(17)9-11(14)2/h4-9,16H,18H2,1-3H3. The first kappa shape index (κ1) is 13.1. The molecule has 0 heterocycles. The molecule has 0 fully saturated rings. The lowest BCUT2D eigenvalue weighted by Crippen LogP contribution is -2.15. The molecule has 2 rings (SSSR count). The van der Waals surface area contributed by atoms with Crippen molar-refractivity contribution in [2.24, 2.45) is 5.73 Å². The molecule has 2 N–H and O–H groups in total. The zero-order valence-electron chi connectivity index (χ0n) is 11.0. The van der Waals surface area contributed by atoms with Gasteiger partial charge in [-0.05, 0) is 60.7 Å². The molecule has 0 bridgehead atoms. The van der Waals surface area contributed by atoms with E-state index in [0.29, 0.717) is 0 Å². The van der Waals surface area contributed by atoms with Gasteiger partial charge in [0.05, 0.1) is 6.04 Å². The molecule has 1 unspecified atom stereocenters. The van der Waals surface area contributed by atoms with Gasteiger partial charge in [0, 0.05) is 5.02 Å². The van der Waals surface area contributed by atoms with Crippen LogP contribution in [-0.2, 0) is 0 Å². The summed E-state index contributed by atoms with van der Waals surface area (Å²) < 4.78 is 0. The van der Waals surface area contributed by atoms with Crippen LogP contribution < -0.4 is 5.73 Å². The minimum Gasteiger partial charge on any atom is -0.320 e. The van der Waals surface area contributed by atoms with Gasteiger partial charge in [-0.3, -0.25) is 0 Å². The van der Waals surface area contributed by atoms with E-state index in [1.54, 1.807) is 0 Å². The van der Waals surface area contributed by atoms with Crippen LogP contribution in [0.2, 0.25) is 5.02 Å². The van der Waals surface area contributed by atoms with Gasteiger partial charge in [-0.1, -0.05) is 35.9 Å². The van der Waals surface area contributed by atoms with Crippen molar-refractivity contribution in [3.8, 4) is 0 Å². The zero-order valence-corrected chi connectivity index (χ0v) is 11.8. The van der Waals surface area contributed by atoms with Crippen molar-refractivity contribution in [2.75, 3.05) is 0 Å². The molecule has 0 spiro atoms. The molecular weight excluding hydrogens is 242 g/mol.